The molecule has 1 amide bonds. The molecule has 0 unspecified atom stereocenters. The van der Waals surface area contributed by atoms with Crippen LogP contribution in [0.1, 0.15) is 10.4 Å². The summed E-state index contributed by atoms with van der Waals surface area (Å²) in [5.74, 6) is -0.211. The van der Waals surface area contributed by atoms with Crippen LogP contribution in [0.25, 0.3) is 0 Å². The van der Waals surface area contributed by atoms with E-state index >= 15 is 0 Å². The van der Waals surface area contributed by atoms with Gasteiger partial charge in [-0.2, -0.15) is 0 Å². The summed E-state index contributed by atoms with van der Waals surface area (Å²) < 4.78 is 0. The second-order valence-corrected chi connectivity index (χ2v) is 3.05. The lowest BCUT2D eigenvalue weighted by Crippen LogP contribution is -2.17. The Bertz CT molecular complexity index is 312. The highest BCUT2D eigenvalue weighted by atomic mass is 35.5. The fourth-order valence-electron chi connectivity index (χ4n) is 0.808. The molecule has 0 saturated heterocycles. The van der Waals surface area contributed by atoms with Crippen LogP contribution in [-0.4, -0.2) is 13.0 Å². The summed E-state index contributed by atoms with van der Waals surface area (Å²) in [5, 5.41) is 3.36. The van der Waals surface area contributed by atoms with Crippen molar-refractivity contribution in [3.63, 3.8) is 0 Å². The van der Waals surface area contributed by atoms with Crippen LogP contribution in [0.15, 0.2) is 18.2 Å². The Morgan fingerprint density at radius 3 is 2.58 bits per heavy atom. The Hall–Kier alpha value is -0.730. The Morgan fingerprint density at radius 1 is 1.42 bits per heavy atom. The lowest BCUT2D eigenvalue weighted by atomic mass is 10.2. The highest BCUT2D eigenvalue weighted by Gasteiger charge is 2.07. The van der Waals surface area contributed by atoms with Crippen LogP contribution in [0.3, 0.4) is 0 Å². The summed E-state index contributed by atoms with van der Waals surface area (Å²) in [6, 6.07) is 4.75. The molecule has 1 aromatic rings. The van der Waals surface area contributed by atoms with Gasteiger partial charge in [0, 0.05) is 12.1 Å². The molecule has 4 heteroatoms. The van der Waals surface area contributed by atoms with Gasteiger partial charge in [-0.05, 0) is 18.2 Å². The van der Waals surface area contributed by atoms with E-state index in [1.165, 1.54) is 6.07 Å². The van der Waals surface area contributed by atoms with Crippen molar-refractivity contribution in [3.8, 4) is 0 Å². The summed E-state index contributed by atoms with van der Waals surface area (Å²) >= 11 is 11.4. The van der Waals surface area contributed by atoms with E-state index < -0.39 is 0 Å². The van der Waals surface area contributed by atoms with Gasteiger partial charge in [0.25, 0.3) is 5.91 Å². The Labute approximate surface area is 80.5 Å². The number of amides is 1. The normalized spacial score (nSPS) is 9.58. The fourth-order valence-corrected chi connectivity index (χ4v) is 1.30. The summed E-state index contributed by atoms with van der Waals surface area (Å²) in [6.45, 7) is 0. The monoisotopic (exact) mass is 203 g/mol. The second kappa shape index (κ2) is 3.78. The molecule has 2 nitrogen and oxygen atoms in total. The minimum absolute atomic E-state index is 0.211. The molecule has 1 rings (SSSR count). The molecule has 0 aliphatic heterocycles. The number of carbonyl (C=O) groups excluding carboxylic acids is 1. The Morgan fingerprint density at radius 2 is 2.08 bits per heavy atom. The standard InChI is InChI=1S/C8H7Cl2NO/c1-11-8(12)6-3-2-5(9)4-7(6)10/h2-4H,1H3,(H,11,12). The zero-order valence-electron chi connectivity index (χ0n) is 6.40. The molecule has 0 saturated carbocycles. The lowest BCUT2D eigenvalue weighted by molar-refractivity contribution is 0.0963. The Kier molecular flexibility index (Phi) is 2.95. The summed E-state index contributed by atoms with van der Waals surface area (Å²) in [7, 11) is 1.55. The maximum absolute atomic E-state index is 11.1. The topological polar surface area (TPSA) is 29.1 Å². The molecule has 1 aromatic carbocycles. The molecule has 64 valence electrons. The van der Waals surface area contributed by atoms with Gasteiger partial charge in [-0.15, -0.1) is 0 Å². The van der Waals surface area contributed by atoms with E-state index in [0.717, 1.165) is 0 Å². The zero-order chi connectivity index (χ0) is 9.14. The first-order chi connectivity index (χ1) is 5.65. The van der Waals surface area contributed by atoms with E-state index in [1.54, 1.807) is 19.2 Å². The minimum atomic E-state index is -0.211. The maximum atomic E-state index is 11.1. The van der Waals surface area contributed by atoms with Gasteiger partial charge in [-0.3, -0.25) is 4.79 Å². The SMILES string of the molecule is CNC(=O)c1ccc(Cl)cc1Cl. The summed E-state index contributed by atoms with van der Waals surface area (Å²) in [6.07, 6.45) is 0. The van der Waals surface area contributed by atoms with Gasteiger partial charge in [-0.25, -0.2) is 0 Å². The summed E-state index contributed by atoms with van der Waals surface area (Å²) in [4.78, 5) is 11.1. The molecule has 0 aliphatic rings. The fraction of sp³-hybridized carbons (Fsp3) is 0.125. The molecule has 0 aliphatic carbocycles. The molecule has 0 bridgehead atoms. The van der Waals surface area contributed by atoms with Crippen molar-refractivity contribution in [3.05, 3.63) is 33.8 Å². The van der Waals surface area contributed by atoms with Crippen LogP contribution in [-0.2, 0) is 0 Å². The van der Waals surface area contributed by atoms with Crippen molar-refractivity contribution in [2.24, 2.45) is 0 Å². The van der Waals surface area contributed by atoms with Crippen molar-refractivity contribution in [2.45, 2.75) is 0 Å². The third-order valence-corrected chi connectivity index (χ3v) is 1.95. The largest absolute Gasteiger partial charge is 0.355 e. The zero-order valence-corrected chi connectivity index (χ0v) is 7.91. The van der Waals surface area contributed by atoms with E-state index in [1.807, 2.05) is 0 Å². The third-order valence-electron chi connectivity index (χ3n) is 1.40. The smallest absolute Gasteiger partial charge is 0.252 e. The highest BCUT2D eigenvalue weighted by Crippen LogP contribution is 2.20. The average Bonchev–Trinajstić information content (AvgIpc) is 2.03. The molecule has 0 aromatic heterocycles. The van der Waals surface area contributed by atoms with Gasteiger partial charge < -0.3 is 5.32 Å². The number of hydrogen-bond donors (Lipinski definition) is 1. The molecular formula is C8H7Cl2NO. The van der Waals surface area contributed by atoms with Crippen molar-refractivity contribution in [2.75, 3.05) is 7.05 Å². The predicted octanol–water partition coefficient (Wildman–Crippen LogP) is 2.35. The first-order valence-corrected chi connectivity index (χ1v) is 4.08. The van der Waals surface area contributed by atoms with Gasteiger partial charge in [0.15, 0.2) is 0 Å². The van der Waals surface area contributed by atoms with E-state index in [2.05, 4.69) is 5.32 Å². The van der Waals surface area contributed by atoms with Gasteiger partial charge >= 0.3 is 0 Å². The number of rotatable bonds is 1. The molecule has 0 fully saturated rings. The number of nitrogens with one attached hydrogen (secondary N) is 1. The molecule has 1 N–H and O–H groups in total. The number of halogens is 2. The van der Waals surface area contributed by atoms with Crippen molar-refractivity contribution < 1.29 is 4.79 Å². The van der Waals surface area contributed by atoms with Crippen LogP contribution in [0.4, 0.5) is 0 Å². The quantitative estimate of drug-likeness (QED) is 0.747. The number of benzene rings is 1. The first kappa shape index (κ1) is 9.36. The van der Waals surface area contributed by atoms with Crippen molar-refractivity contribution >= 4 is 29.1 Å². The van der Waals surface area contributed by atoms with E-state index in [9.17, 15) is 4.79 Å². The van der Waals surface area contributed by atoms with Gasteiger partial charge in [0.1, 0.15) is 0 Å². The maximum Gasteiger partial charge on any atom is 0.252 e. The van der Waals surface area contributed by atoms with Crippen LogP contribution >= 0.6 is 23.2 Å². The second-order valence-electron chi connectivity index (χ2n) is 2.20. The van der Waals surface area contributed by atoms with Crippen molar-refractivity contribution in [1.82, 2.24) is 5.32 Å². The number of carbonyl (C=O) groups is 1. The lowest BCUT2D eigenvalue weighted by Gasteiger charge is -2.01. The molecular weight excluding hydrogens is 197 g/mol. The highest BCUT2D eigenvalue weighted by molar-refractivity contribution is 6.36. The van der Waals surface area contributed by atoms with E-state index in [4.69, 9.17) is 23.2 Å². The Balaban J connectivity index is 3.09. The first-order valence-electron chi connectivity index (χ1n) is 3.32. The van der Waals surface area contributed by atoms with Gasteiger partial charge in [0.05, 0.1) is 10.6 Å². The number of hydrogen-bond acceptors (Lipinski definition) is 1. The van der Waals surface area contributed by atoms with E-state index in [-0.39, 0.29) is 5.91 Å². The molecule has 0 radical (unpaired) electrons. The van der Waals surface area contributed by atoms with Crippen LogP contribution in [0, 0.1) is 0 Å². The van der Waals surface area contributed by atoms with Crippen LogP contribution in [0.2, 0.25) is 10.0 Å². The third kappa shape index (κ3) is 1.90. The van der Waals surface area contributed by atoms with Crippen molar-refractivity contribution in [1.29, 1.82) is 0 Å². The molecule has 0 atom stereocenters. The molecule has 0 spiro atoms. The van der Waals surface area contributed by atoms with Gasteiger partial charge in [0.2, 0.25) is 0 Å². The average molecular weight is 204 g/mol. The molecule has 12 heavy (non-hydrogen) atoms. The predicted molar refractivity (Wildman–Crippen MR) is 49.9 cm³/mol. The minimum Gasteiger partial charge on any atom is -0.355 e. The van der Waals surface area contributed by atoms with Gasteiger partial charge in [-0.1, -0.05) is 23.2 Å². The van der Waals surface area contributed by atoms with Crippen LogP contribution < -0.4 is 5.32 Å². The molecule has 0 heterocycles. The van der Waals surface area contributed by atoms with E-state index in [0.29, 0.717) is 15.6 Å². The van der Waals surface area contributed by atoms with Crippen LogP contribution in [0.5, 0.6) is 0 Å². The summed E-state index contributed by atoms with van der Waals surface area (Å²) in [5.41, 5.74) is 0.434.